The van der Waals surface area contributed by atoms with Gasteiger partial charge in [0.05, 0.1) is 13.2 Å². The molecule has 0 aliphatic rings. The van der Waals surface area contributed by atoms with Gasteiger partial charge in [-0.05, 0) is 20.3 Å². The van der Waals surface area contributed by atoms with Crippen LogP contribution in [0.1, 0.15) is 20.3 Å². The molecule has 0 heterocycles. The summed E-state index contributed by atoms with van der Waals surface area (Å²) in [5.41, 5.74) is 5.55. The lowest BCUT2D eigenvalue weighted by Gasteiger charge is -2.25. The van der Waals surface area contributed by atoms with E-state index in [1.807, 2.05) is 0 Å². The third-order valence-electron chi connectivity index (χ3n) is 2.31. The van der Waals surface area contributed by atoms with E-state index in [-0.39, 0.29) is 0 Å². The average molecular weight is 218 g/mol. The van der Waals surface area contributed by atoms with E-state index in [1.54, 1.807) is 7.11 Å². The highest BCUT2D eigenvalue weighted by Crippen LogP contribution is 1.98. The Hall–Kier alpha value is -0.160. The maximum Gasteiger partial charge on any atom is 0.0700 e. The molecule has 0 fully saturated rings. The number of nitrogens with zero attached hydrogens (tertiary/aromatic N) is 1. The highest BCUT2D eigenvalue weighted by atomic mass is 16.5. The van der Waals surface area contributed by atoms with Crippen LogP contribution in [-0.2, 0) is 9.47 Å². The minimum atomic E-state index is 0.563. The molecule has 4 nitrogen and oxygen atoms in total. The zero-order valence-electron chi connectivity index (χ0n) is 10.4. The molecule has 0 bridgehead atoms. The fourth-order valence-electron chi connectivity index (χ4n) is 1.41. The lowest BCUT2D eigenvalue weighted by molar-refractivity contribution is 0.0638. The van der Waals surface area contributed by atoms with Crippen LogP contribution >= 0.6 is 0 Å². The SMILES string of the molecule is COCCOCCCN(CCN)C(C)C. The van der Waals surface area contributed by atoms with Crippen molar-refractivity contribution in [2.45, 2.75) is 26.3 Å². The van der Waals surface area contributed by atoms with Crippen LogP contribution in [0.15, 0.2) is 0 Å². The summed E-state index contributed by atoms with van der Waals surface area (Å²) in [4.78, 5) is 2.37. The Labute approximate surface area is 93.7 Å². The molecule has 0 saturated carbocycles. The second-order valence-electron chi connectivity index (χ2n) is 3.88. The largest absolute Gasteiger partial charge is 0.382 e. The first-order valence-electron chi connectivity index (χ1n) is 5.73. The fraction of sp³-hybridized carbons (Fsp3) is 1.00. The number of methoxy groups -OCH3 is 1. The van der Waals surface area contributed by atoms with E-state index in [0.29, 0.717) is 19.3 Å². The van der Waals surface area contributed by atoms with Gasteiger partial charge in [-0.1, -0.05) is 0 Å². The van der Waals surface area contributed by atoms with Crippen LogP contribution in [-0.4, -0.2) is 57.5 Å². The summed E-state index contributed by atoms with van der Waals surface area (Å²) in [6, 6.07) is 0.563. The quantitative estimate of drug-likeness (QED) is 0.549. The Morgan fingerprint density at radius 3 is 2.40 bits per heavy atom. The van der Waals surface area contributed by atoms with E-state index in [4.69, 9.17) is 15.2 Å². The van der Waals surface area contributed by atoms with E-state index in [1.165, 1.54) is 0 Å². The first-order valence-corrected chi connectivity index (χ1v) is 5.73. The molecule has 0 atom stereocenters. The highest BCUT2D eigenvalue weighted by Gasteiger charge is 2.06. The zero-order valence-corrected chi connectivity index (χ0v) is 10.4. The predicted octanol–water partition coefficient (Wildman–Crippen LogP) is 0.709. The van der Waals surface area contributed by atoms with Gasteiger partial charge in [0.25, 0.3) is 0 Å². The van der Waals surface area contributed by atoms with Crippen LogP contribution in [0.3, 0.4) is 0 Å². The number of rotatable bonds is 10. The third kappa shape index (κ3) is 8.81. The van der Waals surface area contributed by atoms with E-state index in [0.717, 1.165) is 32.7 Å². The van der Waals surface area contributed by atoms with E-state index in [9.17, 15) is 0 Å². The molecule has 0 aromatic rings. The molecule has 2 N–H and O–H groups in total. The van der Waals surface area contributed by atoms with Gasteiger partial charge < -0.3 is 15.2 Å². The number of nitrogens with two attached hydrogens (primary N) is 1. The summed E-state index contributed by atoms with van der Waals surface area (Å²) in [6.07, 6.45) is 1.06. The summed E-state index contributed by atoms with van der Waals surface area (Å²) in [7, 11) is 1.69. The average Bonchev–Trinajstić information content (AvgIpc) is 2.21. The van der Waals surface area contributed by atoms with Crippen molar-refractivity contribution in [1.82, 2.24) is 4.90 Å². The lowest BCUT2D eigenvalue weighted by atomic mass is 10.3. The van der Waals surface area contributed by atoms with E-state index in [2.05, 4.69) is 18.7 Å². The van der Waals surface area contributed by atoms with Gasteiger partial charge in [0, 0.05) is 39.4 Å². The Morgan fingerprint density at radius 1 is 1.13 bits per heavy atom. The summed E-state index contributed by atoms with van der Waals surface area (Å²) in [5, 5.41) is 0. The minimum absolute atomic E-state index is 0.563. The van der Waals surface area contributed by atoms with Crippen molar-refractivity contribution in [2.24, 2.45) is 5.73 Å². The molecule has 15 heavy (non-hydrogen) atoms. The summed E-state index contributed by atoms with van der Waals surface area (Å²) >= 11 is 0. The second kappa shape index (κ2) is 10.4. The first-order chi connectivity index (χ1) is 7.22. The van der Waals surface area contributed by atoms with Crippen molar-refractivity contribution in [3.63, 3.8) is 0 Å². The molecule has 92 valence electrons. The van der Waals surface area contributed by atoms with Crippen LogP contribution in [0, 0.1) is 0 Å². The van der Waals surface area contributed by atoms with Gasteiger partial charge in [0.15, 0.2) is 0 Å². The Bertz CT molecular complexity index is 132. The van der Waals surface area contributed by atoms with Crippen molar-refractivity contribution < 1.29 is 9.47 Å². The molecule has 0 unspecified atom stereocenters. The van der Waals surface area contributed by atoms with Gasteiger partial charge in [-0.2, -0.15) is 0 Å². The highest BCUT2D eigenvalue weighted by molar-refractivity contribution is 4.62. The van der Waals surface area contributed by atoms with Crippen LogP contribution in [0.4, 0.5) is 0 Å². The van der Waals surface area contributed by atoms with Gasteiger partial charge in [-0.15, -0.1) is 0 Å². The topological polar surface area (TPSA) is 47.7 Å². The van der Waals surface area contributed by atoms with Gasteiger partial charge in [0.2, 0.25) is 0 Å². The molecule has 0 aliphatic heterocycles. The molecule has 0 amide bonds. The maximum absolute atomic E-state index is 5.55. The Morgan fingerprint density at radius 2 is 1.87 bits per heavy atom. The molecule has 0 spiro atoms. The van der Waals surface area contributed by atoms with E-state index < -0.39 is 0 Å². The Kier molecular flexibility index (Phi) is 10.3. The normalized spacial score (nSPS) is 11.6. The molecule has 0 radical (unpaired) electrons. The fourth-order valence-corrected chi connectivity index (χ4v) is 1.41. The van der Waals surface area contributed by atoms with Crippen LogP contribution in [0.5, 0.6) is 0 Å². The molecular weight excluding hydrogens is 192 g/mol. The van der Waals surface area contributed by atoms with Crippen LogP contribution in [0.2, 0.25) is 0 Å². The second-order valence-corrected chi connectivity index (χ2v) is 3.88. The molecular formula is C11H26N2O2. The maximum atomic E-state index is 5.55. The zero-order chi connectivity index (χ0) is 11.5. The first kappa shape index (κ1) is 14.8. The van der Waals surface area contributed by atoms with Gasteiger partial charge in [-0.25, -0.2) is 0 Å². The summed E-state index contributed by atoms with van der Waals surface area (Å²) in [6.45, 7) is 9.31. The van der Waals surface area contributed by atoms with Gasteiger partial charge >= 0.3 is 0 Å². The minimum Gasteiger partial charge on any atom is -0.382 e. The summed E-state index contributed by atoms with van der Waals surface area (Å²) < 4.78 is 10.3. The number of ether oxygens (including phenoxy) is 2. The monoisotopic (exact) mass is 218 g/mol. The number of hydrogen-bond donors (Lipinski definition) is 1. The van der Waals surface area contributed by atoms with Crippen molar-refractivity contribution in [3.05, 3.63) is 0 Å². The van der Waals surface area contributed by atoms with Crippen molar-refractivity contribution >= 4 is 0 Å². The van der Waals surface area contributed by atoms with Crippen molar-refractivity contribution in [1.29, 1.82) is 0 Å². The summed E-state index contributed by atoms with van der Waals surface area (Å²) in [5.74, 6) is 0. The van der Waals surface area contributed by atoms with Crippen molar-refractivity contribution in [2.75, 3.05) is 46.6 Å². The lowest BCUT2D eigenvalue weighted by Crippen LogP contribution is -2.36. The third-order valence-corrected chi connectivity index (χ3v) is 2.31. The molecule has 0 aromatic heterocycles. The standard InChI is InChI=1S/C11H26N2O2/c1-11(2)13(7-5-12)6-4-8-15-10-9-14-3/h11H,4-10,12H2,1-3H3. The molecule has 0 aromatic carbocycles. The molecule has 0 rings (SSSR count). The van der Waals surface area contributed by atoms with Crippen LogP contribution in [0.25, 0.3) is 0 Å². The molecule has 0 saturated heterocycles. The van der Waals surface area contributed by atoms with Crippen LogP contribution < -0.4 is 5.73 Å². The Balaban J connectivity index is 3.37. The van der Waals surface area contributed by atoms with E-state index >= 15 is 0 Å². The smallest absolute Gasteiger partial charge is 0.0700 e. The van der Waals surface area contributed by atoms with Gasteiger partial charge in [0.1, 0.15) is 0 Å². The predicted molar refractivity (Wildman–Crippen MR) is 63.1 cm³/mol. The van der Waals surface area contributed by atoms with Crippen molar-refractivity contribution in [3.8, 4) is 0 Å². The molecule has 0 aliphatic carbocycles. The molecule has 4 heteroatoms. The number of hydrogen-bond acceptors (Lipinski definition) is 4. The van der Waals surface area contributed by atoms with Gasteiger partial charge in [-0.3, -0.25) is 4.90 Å².